The number of hydrogen-bond donors (Lipinski definition) is 1. The molecule has 1 aliphatic rings. The van der Waals surface area contributed by atoms with Crippen LogP contribution in [0.15, 0.2) is 12.4 Å². The molecule has 72 valence electrons. The lowest BCUT2D eigenvalue weighted by Crippen LogP contribution is -2.04. The van der Waals surface area contributed by atoms with Gasteiger partial charge < -0.3 is 5.32 Å². The lowest BCUT2D eigenvalue weighted by molar-refractivity contribution is 0.720. The molecule has 0 spiro atoms. The van der Waals surface area contributed by atoms with Crippen LogP contribution in [0.2, 0.25) is 0 Å². The Hall–Kier alpha value is -1.20. The van der Waals surface area contributed by atoms with E-state index in [1.54, 1.807) is 11.3 Å². The van der Waals surface area contributed by atoms with Crippen LogP contribution in [0.4, 0.5) is 0 Å². The van der Waals surface area contributed by atoms with Gasteiger partial charge in [-0.2, -0.15) is 5.10 Å². The van der Waals surface area contributed by atoms with E-state index in [9.17, 15) is 0 Å². The molecule has 0 aliphatic carbocycles. The van der Waals surface area contributed by atoms with Gasteiger partial charge in [0.1, 0.15) is 0 Å². The maximum Gasteiger partial charge on any atom is 0.210 e. The van der Waals surface area contributed by atoms with Crippen LogP contribution in [-0.2, 0) is 13.1 Å². The lowest BCUT2D eigenvalue weighted by Gasteiger charge is -1.94. The molecule has 3 rings (SSSR count). The Morgan fingerprint density at radius 2 is 2.43 bits per heavy atom. The lowest BCUT2D eigenvalue weighted by atomic mass is 10.3. The van der Waals surface area contributed by atoms with Crippen molar-refractivity contribution in [1.29, 1.82) is 0 Å². The summed E-state index contributed by atoms with van der Waals surface area (Å²) in [5.74, 6) is 0. The number of rotatable bonds is 1. The van der Waals surface area contributed by atoms with Crippen molar-refractivity contribution < 1.29 is 0 Å². The first-order valence-corrected chi connectivity index (χ1v) is 5.35. The molecule has 0 atom stereocenters. The van der Waals surface area contributed by atoms with E-state index in [0.717, 1.165) is 23.9 Å². The van der Waals surface area contributed by atoms with Crippen molar-refractivity contribution in [3.63, 3.8) is 0 Å². The van der Waals surface area contributed by atoms with Crippen LogP contribution in [0.5, 0.6) is 0 Å². The van der Waals surface area contributed by atoms with Gasteiger partial charge in [0, 0.05) is 35.9 Å². The Kier molecular flexibility index (Phi) is 1.68. The Morgan fingerprint density at radius 1 is 1.50 bits per heavy atom. The molecule has 1 aliphatic heterocycles. The molecule has 0 radical (unpaired) electrons. The third kappa shape index (κ3) is 1.17. The average Bonchev–Trinajstić information content (AvgIpc) is 2.75. The van der Waals surface area contributed by atoms with Gasteiger partial charge in [-0.05, 0) is 6.92 Å². The summed E-state index contributed by atoms with van der Waals surface area (Å²) in [6.07, 6.45) is 3.94. The quantitative estimate of drug-likeness (QED) is 0.763. The minimum absolute atomic E-state index is 0.882. The number of aryl methyl sites for hydroxylation is 1. The maximum absolute atomic E-state index is 4.48. The molecule has 1 N–H and O–H groups in total. The Balaban J connectivity index is 2.05. The first kappa shape index (κ1) is 8.14. The van der Waals surface area contributed by atoms with Gasteiger partial charge in [-0.25, -0.2) is 9.67 Å². The van der Waals surface area contributed by atoms with E-state index >= 15 is 0 Å². The fourth-order valence-electron chi connectivity index (χ4n) is 1.60. The van der Waals surface area contributed by atoms with Crippen LogP contribution in [0.3, 0.4) is 0 Å². The van der Waals surface area contributed by atoms with Crippen molar-refractivity contribution in [1.82, 2.24) is 20.1 Å². The van der Waals surface area contributed by atoms with Gasteiger partial charge in [0.25, 0.3) is 0 Å². The number of aromatic nitrogens is 3. The van der Waals surface area contributed by atoms with Crippen LogP contribution in [0.25, 0.3) is 5.13 Å². The molecule has 0 fully saturated rings. The molecule has 0 saturated carbocycles. The fraction of sp³-hybridized carbons (Fsp3) is 0.333. The van der Waals surface area contributed by atoms with Gasteiger partial charge in [-0.15, -0.1) is 11.3 Å². The molecule has 0 saturated heterocycles. The minimum Gasteiger partial charge on any atom is -0.307 e. The Labute approximate surface area is 85.6 Å². The van der Waals surface area contributed by atoms with Gasteiger partial charge in [-0.1, -0.05) is 0 Å². The molecule has 0 aromatic carbocycles. The zero-order chi connectivity index (χ0) is 9.54. The number of nitrogens with zero attached hydrogens (tertiary/aromatic N) is 3. The number of fused-ring (bicyclic) bond motifs is 1. The predicted molar refractivity (Wildman–Crippen MR) is 54.5 cm³/mol. The van der Waals surface area contributed by atoms with Gasteiger partial charge in [0.15, 0.2) is 0 Å². The summed E-state index contributed by atoms with van der Waals surface area (Å²) in [7, 11) is 0. The van der Waals surface area contributed by atoms with Crippen LogP contribution in [-0.4, -0.2) is 14.8 Å². The second-order valence-corrected chi connectivity index (χ2v) is 4.62. The normalized spacial score (nSPS) is 14.6. The minimum atomic E-state index is 0.882. The van der Waals surface area contributed by atoms with Crippen molar-refractivity contribution in [2.75, 3.05) is 0 Å². The second-order valence-electron chi connectivity index (χ2n) is 3.40. The molecule has 0 amide bonds. The van der Waals surface area contributed by atoms with Crippen LogP contribution in [0.1, 0.15) is 16.1 Å². The summed E-state index contributed by atoms with van der Waals surface area (Å²) >= 11 is 1.67. The fourth-order valence-corrected chi connectivity index (χ4v) is 2.29. The Bertz CT molecular complexity index is 449. The topological polar surface area (TPSA) is 42.7 Å². The molecule has 3 heterocycles. The van der Waals surface area contributed by atoms with Gasteiger partial charge >= 0.3 is 0 Å². The van der Waals surface area contributed by atoms with Gasteiger partial charge in [0.2, 0.25) is 5.13 Å². The summed E-state index contributed by atoms with van der Waals surface area (Å²) in [6, 6.07) is 0. The molecule has 0 unspecified atom stereocenters. The third-order valence-corrected chi connectivity index (χ3v) is 3.19. The summed E-state index contributed by atoms with van der Waals surface area (Å²) in [4.78, 5) is 5.51. The van der Waals surface area contributed by atoms with Crippen molar-refractivity contribution in [3.8, 4) is 5.13 Å². The zero-order valence-corrected chi connectivity index (χ0v) is 8.64. The summed E-state index contributed by atoms with van der Waals surface area (Å²) in [5, 5.41) is 8.69. The number of thiazole rings is 1. The van der Waals surface area contributed by atoms with Crippen molar-refractivity contribution >= 4 is 11.3 Å². The molecule has 5 heteroatoms. The standard InChI is InChI=1S/C9H10N4S/c1-6-2-11-9(14-6)13-5-7-3-10-4-8(7)12-13/h2,5,10H,3-4H2,1H3. The molecular weight excluding hydrogens is 196 g/mol. The van der Waals surface area contributed by atoms with Gasteiger partial charge in [0.05, 0.1) is 5.69 Å². The first-order valence-electron chi connectivity index (χ1n) is 4.54. The zero-order valence-electron chi connectivity index (χ0n) is 7.82. The maximum atomic E-state index is 4.48. The van der Waals surface area contributed by atoms with E-state index in [4.69, 9.17) is 0 Å². The third-order valence-electron chi connectivity index (χ3n) is 2.29. The Morgan fingerprint density at radius 3 is 3.14 bits per heavy atom. The highest BCUT2D eigenvalue weighted by Crippen LogP contribution is 2.19. The van der Waals surface area contributed by atoms with E-state index < -0.39 is 0 Å². The smallest absolute Gasteiger partial charge is 0.210 e. The van der Waals surface area contributed by atoms with Crippen molar-refractivity contribution in [2.45, 2.75) is 20.0 Å². The van der Waals surface area contributed by atoms with E-state index in [0.29, 0.717) is 0 Å². The van der Waals surface area contributed by atoms with Crippen molar-refractivity contribution in [2.24, 2.45) is 0 Å². The molecule has 0 bridgehead atoms. The van der Waals surface area contributed by atoms with Crippen LogP contribution in [0, 0.1) is 6.92 Å². The largest absolute Gasteiger partial charge is 0.307 e. The monoisotopic (exact) mass is 206 g/mol. The second kappa shape index (κ2) is 2.90. The first-order chi connectivity index (χ1) is 6.83. The van der Waals surface area contributed by atoms with E-state index in [-0.39, 0.29) is 0 Å². The van der Waals surface area contributed by atoms with Gasteiger partial charge in [-0.3, -0.25) is 0 Å². The molecule has 14 heavy (non-hydrogen) atoms. The van der Waals surface area contributed by atoms with Crippen LogP contribution >= 0.6 is 11.3 Å². The number of hydrogen-bond acceptors (Lipinski definition) is 4. The molecule has 2 aromatic rings. The predicted octanol–water partition coefficient (Wildman–Crippen LogP) is 1.24. The highest BCUT2D eigenvalue weighted by atomic mass is 32.1. The van der Waals surface area contributed by atoms with Crippen LogP contribution < -0.4 is 5.32 Å². The SMILES string of the molecule is Cc1cnc(-n2cc3c(n2)CNC3)s1. The summed E-state index contributed by atoms with van der Waals surface area (Å²) in [6.45, 7) is 3.87. The number of nitrogens with one attached hydrogen (secondary N) is 1. The molecule has 4 nitrogen and oxygen atoms in total. The highest BCUT2D eigenvalue weighted by molar-refractivity contribution is 7.13. The summed E-state index contributed by atoms with van der Waals surface area (Å²) in [5.41, 5.74) is 2.44. The highest BCUT2D eigenvalue weighted by Gasteiger charge is 2.15. The summed E-state index contributed by atoms with van der Waals surface area (Å²) < 4.78 is 1.88. The van der Waals surface area contributed by atoms with E-state index in [1.807, 2.05) is 10.9 Å². The molecular formula is C9H10N4S. The van der Waals surface area contributed by atoms with Crippen molar-refractivity contribution in [3.05, 3.63) is 28.5 Å². The van der Waals surface area contributed by atoms with E-state index in [2.05, 4.69) is 28.5 Å². The molecule has 2 aromatic heterocycles. The van der Waals surface area contributed by atoms with E-state index in [1.165, 1.54) is 10.4 Å². The average molecular weight is 206 g/mol.